The molecular formula is C26H30N4O4. The summed E-state index contributed by atoms with van der Waals surface area (Å²) in [5.74, 6) is 0.409. The topological polar surface area (TPSA) is 102 Å². The summed E-state index contributed by atoms with van der Waals surface area (Å²) in [5.41, 5.74) is 7.58. The van der Waals surface area contributed by atoms with Gasteiger partial charge in [-0.3, -0.25) is 29.8 Å². The van der Waals surface area contributed by atoms with E-state index in [1.54, 1.807) is 35.8 Å². The van der Waals surface area contributed by atoms with Crippen LogP contribution >= 0.6 is 0 Å². The third-order valence-electron chi connectivity index (χ3n) is 6.36. The molecule has 0 saturated heterocycles. The number of nitrogens with zero attached hydrogens (tertiary/aromatic N) is 2. The van der Waals surface area contributed by atoms with Gasteiger partial charge in [0.25, 0.3) is 17.4 Å². The van der Waals surface area contributed by atoms with E-state index in [4.69, 9.17) is 4.74 Å². The molecule has 0 fully saturated rings. The quantitative estimate of drug-likeness (QED) is 0.579. The van der Waals surface area contributed by atoms with Crippen LogP contribution < -0.4 is 21.1 Å². The van der Waals surface area contributed by atoms with Gasteiger partial charge >= 0.3 is 0 Å². The summed E-state index contributed by atoms with van der Waals surface area (Å²) >= 11 is 0. The SMILES string of the molecule is Cc1cccc(OC(C)C(=O)NNC(=O)c2ccc3c(=O)n4c(nc3c2)CCCCCC4)c1C. The normalized spacial score (nSPS) is 14.4. The Morgan fingerprint density at radius 3 is 2.68 bits per heavy atom. The van der Waals surface area contributed by atoms with Crippen LogP contribution in [0.15, 0.2) is 41.2 Å². The zero-order chi connectivity index (χ0) is 24.2. The second-order valence-electron chi connectivity index (χ2n) is 8.78. The Balaban J connectivity index is 1.45. The molecule has 3 aromatic rings. The monoisotopic (exact) mass is 462 g/mol. The van der Waals surface area contributed by atoms with Crippen molar-refractivity contribution < 1.29 is 14.3 Å². The van der Waals surface area contributed by atoms with Gasteiger partial charge in [-0.05, 0) is 69.0 Å². The Labute approximate surface area is 198 Å². The van der Waals surface area contributed by atoms with Crippen molar-refractivity contribution in [2.45, 2.75) is 65.5 Å². The number of carbonyl (C=O) groups excluding carboxylic acids is 2. The number of hydrogen-bond donors (Lipinski definition) is 2. The predicted molar refractivity (Wildman–Crippen MR) is 130 cm³/mol. The first-order valence-corrected chi connectivity index (χ1v) is 11.7. The molecule has 0 saturated carbocycles. The van der Waals surface area contributed by atoms with E-state index in [2.05, 4.69) is 15.8 Å². The lowest BCUT2D eigenvalue weighted by atomic mass is 10.1. The van der Waals surface area contributed by atoms with Crippen molar-refractivity contribution >= 4 is 22.7 Å². The van der Waals surface area contributed by atoms with Gasteiger partial charge < -0.3 is 4.74 Å². The lowest BCUT2D eigenvalue weighted by Gasteiger charge is -2.17. The van der Waals surface area contributed by atoms with E-state index in [1.807, 2.05) is 26.0 Å². The van der Waals surface area contributed by atoms with Crippen LogP contribution in [0.2, 0.25) is 0 Å². The minimum Gasteiger partial charge on any atom is -0.481 e. The molecule has 0 spiro atoms. The summed E-state index contributed by atoms with van der Waals surface area (Å²) in [4.78, 5) is 42.8. The summed E-state index contributed by atoms with van der Waals surface area (Å²) in [6.45, 7) is 6.19. The Morgan fingerprint density at radius 2 is 1.85 bits per heavy atom. The van der Waals surface area contributed by atoms with Gasteiger partial charge in [-0.25, -0.2) is 4.98 Å². The molecule has 2 N–H and O–H groups in total. The Morgan fingerprint density at radius 1 is 1.06 bits per heavy atom. The summed E-state index contributed by atoms with van der Waals surface area (Å²) in [5, 5.41) is 0.487. The van der Waals surface area contributed by atoms with Crippen LogP contribution in [0.1, 0.15) is 59.9 Å². The molecule has 2 aromatic carbocycles. The number of aromatic nitrogens is 2. The maximum Gasteiger partial charge on any atom is 0.279 e. The van der Waals surface area contributed by atoms with Crippen LogP contribution in [0.25, 0.3) is 10.9 Å². The van der Waals surface area contributed by atoms with Crippen LogP contribution in [0.3, 0.4) is 0 Å². The lowest BCUT2D eigenvalue weighted by Crippen LogP contribution is -2.47. The smallest absolute Gasteiger partial charge is 0.279 e. The average molecular weight is 463 g/mol. The first kappa shape index (κ1) is 23.5. The molecule has 1 aliphatic heterocycles. The van der Waals surface area contributed by atoms with Crippen molar-refractivity contribution in [3.63, 3.8) is 0 Å². The van der Waals surface area contributed by atoms with E-state index in [1.165, 1.54) is 0 Å². The summed E-state index contributed by atoms with van der Waals surface area (Å²) < 4.78 is 7.52. The number of benzene rings is 2. The van der Waals surface area contributed by atoms with Crippen LogP contribution in [-0.4, -0.2) is 27.5 Å². The molecule has 4 rings (SSSR count). The zero-order valence-electron chi connectivity index (χ0n) is 19.8. The first-order valence-electron chi connectivity index (χ1n) is 11.7. The fraction of sp³-hybridized carbons (Fsp3) is 0.385. The highest BCUT2D eigenvalue weighted by Crippen LogP contribution is 2.22. The molecule has 1 atom stereocenters. The van der Waals surface area contributed by atoms with E-state index in [-0.39, 0.29) is 5.56 Å². The molecular weight excluding hydrogens is 432 g/mol. The number of nitrogens with one attached hydrogen (secondary N) is 2. The largest absolute Gasteiger partial charge is 0.481 e. The number of aryl methyl sites for hydroxylation is 2. The van der Waals surface area contributed by atoms with E-state index in [0.29, 0.717) is 28.8 Å². The van der Waals surface area contributed by atoms with Gasteiger partial charge in [0.1, 0.15) is 11.6 Å². The molecule has 2 heterocycles. The summed E-state index contributed by atoms with van der Waals surface area (Å²) in [7, 11) is 0. The molecule has 8 heteroatoms. The molecule has 0 radical (unpaired) electrons. The van der Waals surface area contributed by atoms with Crippen molar-refractivity contribution in [1.82, 2.24) is 20.4 Å². The summed E-state index contributed by atoms with van der Waals surface area (Å²) in [6, 6.07) is 10.4. The Bertz CT molecular complexity index is 1300. The Kier molecular flexibility index (Phi) is 6.95. The predicted octanol–water partition coefficient (Wildman–Crippen LogP) is 3.36. The maximum absolute atomic E-state index is 13.0. The third-order valence-corrected chi connectivity index (χ3v) is 6.36. The van der Waals surface area contributed by atoms with Crippen LogP contribution in [0, 0.1) is 13.8 Å². The van der Waals surface area contributed by atoms with Crippen molar-refractivity contribution in [2.75, 3.05) is 0 Å². The number of hydrazine groups is 1. The van der Waals surface area contributed by atoms with Gasteiger partial charge in [0.15, 0.2) is 6.10 Å². The third kappa shape index (κ3) is 4.95. The number of hydrogen-bond acceptors (Lipinski definition) is 5. The second kappa shape index (κ2) is 10.1. The highest BCUT2D eigenvalue weighted by molar-refractivity contribution is 5.98. The molecule has 0 aliphatic carbocycles. The molecule has 1 unspecified atom stereocenters. The highest BCUT2D eigenvalue weighted by atomic mass is 16.5. The van der Waals surface area contributed by atoms with Gasteiger partial charge in [0.05, 0.1) is 10.9 Å². The molecule has 2 amide bonds. The minimum atomic E-state index is -0.807. The van der Waals surface area contributed by atoms with Gasteiger partial charge in [0, 0.05) is 18.5 Å². The van der Waals surface area contributed by atoms with Crippen LogP contribution in [0.5, 0.6) is 5.75 Å². The average Bonchev–Trinajstić information content (AvgIpc) is 2.81. The minimum absolute atomic E-state index is 0.0698. The highest BCUT2D eigenvalue weighted by Gasteiger charge is 2.18. The van der Waals surface area contributed by atoms with Crippen LogP contribution in [-0.2, 0) is 17.8 Å². The van der Waals surface area contributed by atoms with Gasteiger partial charge in [-0.1, -0.05) is 25.0 Å². The van der Waals surface area contributed by atoms with E-state index >= 15 is 0 Å². The summed E-state index contributed by atoms with van der Waals surface area (Å²) in [6.07, 6.45) is 4.14. The van der Waals surface area contributed by atoms with E-state index in [9.17, 15) is 14.4 Å². The number of carbonyl (C=O) groups is 2. The lowest BCUT2D eigenvalue weighted by molar-refractivity contribution is -0.128. The van der Waals surface area contributed by atoms with Gasteiger partial charge in [-0.2, -0.15) is 0 Å². The number of fused-ring (bicyclic) bond motifs is 2. The zero-order valence-corrected chi connectivity index (χ0v) is 19.8. The molecule has 1 aromatic heterocycles. The fourth-order valence-corrected chi connectivity index (χ4v) is 4.12. The van der Waals surface area contributed by atoms with Crippen molar-refractivity contribution in [1.29, 1.82) is 0 Å². The second-order valence-corrected chi connectivity index (χ2v) is 8.78. The maximum atomic E-state index is 13.0. The van der Waals surface area contributed by atoms with Gasteiger partial charge in [0.2, 0.25) is 0 Å². The first-order chi connectivity index (χ1) is 16.3. The van der Waals surface area contributed by atoms with Crippen molar-refractivity contribution in [3.8, 4) is 5.75 Å². The van der Waals surface area contributed by atoms with Gasteiger partial charge in [-0.15, -0.1) is 0 Å². The molecule has 34 heavy (non-hydrogen) atoms. The van der Waals surface area contributed by atoms with E-state index in [0.717, 1.165) is 49.1 Å². The van der Waals surface area contributed by atoms with Crippen LogP contribution in [0.4, 0.5) is 0 Å². The number of rotatable bonds is 4. The standard InChI is InChI=1S/C26H30N4O4/c1-16-9-8-10-22(17(16)2)34-18(3)24(31)28-29-25(32)19-12-13-20-21(15-19)27-23-11-6-4-5-7-14-30(23)26(20)33/h8-10,12-13,15,18H,4-7,11,14H2,1-3H3,(H,28,31)(H,29,32). The molecule has 0 bridgehead atoms. The molecule has 178 valence electrons. The molecule has 8 nitrogen and oxygen atoms in total. The van der Waals surface area contributed by atoms with E-state index < -0.39 is 17.9 Å². The van der Waals surface area contributed by atoms with Crippen molar-refractivity contribution in [3.05, 3.63) is 69.3 Å². The Hall–Kier alpha value is -3.68. The number of amides is 2. The van der Waals surface area contributed by atoms with Crippen molar-refractivity contribution in [2.24, 2.45) is 0 Å². The number of ether oxygens (including phenoxy) is 1. The fourth-order valence-electron chi connectivity index (χ4n) is 4.12. The molecule has 1 aliphatic rings.